The molecule has 2 rings (SSSR count). The van der Waals surface area contributed by atoms with Gasteiger partial charge in [-0.05, 0) is 19.1 Å². The van der Waals surface area contributed by atoms with E-state index < -0.39 is 0 Å². The summed E-state index contributed by atoms with van der Waals surface area (Å²) in [6.07, 6.45) is 0.862. The Morgan fingerprint density at radius 2 is 2.12 bits per heavy atom. The van der Waals surface area contributed by atoms with Crippen LogP contribution in [0.2, 0.25) is 0 Å². The smallest absolute Gasteiger partial charge is 0.121 e. The Hall–Kier alpha value is -1.75. The van der Waals surface area contributed by atoms with Crippen LogP contribution >= 0.6 is 11.3 Å². The number of rotatable bonds is 4. The fourth-order valence-electron chi connectivity index (χ4n) is 1.47. The zero-order valence-electron chi connectivity index (χ0n) is 9.64. The lowest BCUT2D eigenvalue weighted by molar-refractivity contribution is 0.323. The number of nitrogens with zero attached hydrogens (tertiary/aromatic N) is 1. The minimum absolute atomic E-state index is 0.552. The van der Waals surface area contributed by atoms with E-state index in [1.54, 1.807) is 23.5 Å². The second-order valence-corrected chi connectivity index (χ2v) is 4.69. The fourth-order valence-corrected chi connectivity index (χ4v) is 2.23. The highest BCUT2D eigenvalue weighted by molar-refractivity contribution is 7.09. The van der Waals surface area contributed by atoms with Gasteiger partial charge >= 0.3 is 0 Å². The lowest BCUT2D eigenvalue weighted by Crippen LogP contribution is -2.02. The van der Waals surface area contributed by atoms with Gasteiger partial charge in [-0.3, -0.25) is 0 Å². The van der Waals surface area contributed by atoms with E-state index in [-0.39, 0.29) is 0 Å². The lowest BCUT2D eigenvalue weighted by atomic mass is 10.2. The Balaban J connectivity index is 1.90. The van der Waals surface area contributed by atoms with Crippen molar-refractivity contribution in [2.45, 2.75) is 13.3 Å². The molecular formula is C12H15N3OS. The first-order chi connectivity index (χ1) is 8.16. The number of aromatic nitrogens is 1. The van der Waals surface area contributed by atoms with Crippen molar-refractivity contribution in [3.63, 3.8) is 0 Å². The average Bonchev–Trinajstić information content (AvgIpc) is 2.70. The van der Waals surface area contributed by atoms with Gasteiger partial charge in [0.2, 0.25) is 0 Å². The van der Waals surface area contributed by atoms with Gasteiger partial charge in [0.05, 0.1) is 29.2 Å². The van der Waals surface area contributed by atoms with E-state index in [4.69, 9.17) is 16.2 Å². The summed E-state index contributed by atoms with van der Waals surface area (Å²) < 4.78 is 5.61. The number of hydrogen-bond acceptors (Lipinski definition) is 5. The molecule has 1 aromatic heterocycles. The van der Waals surface area contributed by atoms with Crippen molar-refractivity contribution in [1.29, 1.82) is 0 Å². The van der Waals surface area contributed by atoms with Crippen LogP contribution in [0.25, 0.3) is 0 Å². The number of nitrogen functional groups attached to an aromatic ring is 2. The molecule has 1 heterocycles. The van der Waals surface area contributed by atoms with Crippen molar-refractivity contribution < 1.29 is 4.74 Å². The molecule has 1 aromatic carbocycles. The molecule has 90 valence electrons. The van der Waals surface area contributed by atoms with Gasteiger partial charge < -0.3 is 16.2 Å². The van der Waals surface area contributed by atoms with Gasteiger partial charge in [-0.1, -0.05) is 0 Å². The summed E-state index contributed by atoms with van der Waals surface area (Å²) in [5.74, 6) is 0.749. The molecule has 5 heteroatoms. The molecule has 0 bridgehead atoms. The summed E-state index contributed by atoms with van der Waals surface area (Å²) >= 11 is 1.65. The first-order valence-electron chi connectivity index (χ1n) is 5.33. The molecule has 0 aliphatic heterocycles. The number of ether oxygens (including phenoxy) is 1. The van der Waals surface area contributed by atoms with Gasteiger partial charge in [0.15, 0.2) is 0 Å². The van der Waals surface area contributed by atoms with Crippen LogP contribution in [0, 0.1) is 6.92 Å². The molecule has 0 aliphatic carbocycles. The van der Waals surface area contributed by atoms with Crippen molar-refractivity contribution in [3.05, 3.63) is 34.3 Å². The van der Waals surface area contributed by atoms with Crippen LogP contribution in [0.3, 0.4) is 0 Å². The maximum Gasteiger partial charge on any atom is 0.121 e. The molecule has 0 atom stereocenters. The van der Waals surface area contributed by atoms with Gasteiger partial charge in [-0.2, -0.15) is 0 Å². The highest BCUT2D eigenvalue weighted by atomic mass is 32.1. The van der Waals surface area contributed by atoms with Crippen LogP contribution < -0.4 is 16.2 Å². The highest BCUT2D eigenvalue weighted by Gasteiger charge is 2.02. The minimum atomic E-state index is 0.552. The van der Waals surface area contributed by atoms with Crippen molar-refractivity contribution >= 4 is 22.7 Å². The monoisotopic (exact) mass is 249 g/mol. The highest BCUT2D eigenvalue weighted by Crippen LogP contribution is 2.22. The predicted molar refractivity (Wildman–Crippen MR) is 71.3 cm³/mol. The molecule has 4 N–H and O–H groups in total. The Kier molecular flexibility index (Phi) is 3.49. The van der Waals surface area contributed by atoms with Gasteiger partial charge in [0.1, 0.15) is 5.75 Å². The summed E-state index contributed by atoms with van der Waals surface area (Å²) in [4.78, 5) is 5.45. The maximum atomic E-state index is 5.70. The Morgan fingerprint density at radius 3 is 2.76 bits per heavy atom. The van der Waals surface area contributed by atoms with Crippen molar-refractivity contribution in [1.82, 2.24) is 4.98 Å². The van der Waals surface area contributed by atoms with Crippen LogP contribution in [0.5, 0.6) is 5.75 Å². The fraction of sp³-hybridized carbons (Fsp3) is 0.250. The molecule has 0 amide bonds. The van der Waals surface area contributed by atoms with Gasteiger partial charge in [0.25, 0.3) is 0 Å². The third kappa shape index (κ3) is 2.88. The van der Waals surface area contributed by atoms with Crippen LogP contribution in [0.15, 0.2) is 23.7 Å². The molecule has 0 fully saturated rings. The molecule has 0 unspecified atom stereocenters. The van der Waals surface area contributed by atoms with E-state index in [2.05, 4.69) is 4.98 Å². The third-order valence-electron chi connectivity index (χ3n) is 2.50. The quantitative estimate of drug-likeness (QED) is 0.815. The first-order valence-corrected chi connectivity index (χ1v) is 6.21. The number of thiazole rings is 1. The first kappa shape index (κ1) is 11.7. The van der Waals surface area contributed by atoms with Crippen molar-refractivity contribution in [3.8, 4) is 5.75 Å². The second kappa shape index (κ2) is 5.05. The van der Waals surface area contributed by atoms with Gasteiger partial charge in [-0.25, -0.2) is 4.98 Å². The van der Waals surface area contributed by atoms with E-state index in [1.165, 1.54) is 4.88 Å². The van der Waals surface area contributed by atoms with E-state index in [9.17, 15) is 0 Å². The lowest BCUT2D eigenvalue weighted by Gasteiger charge is -2.07. The predicted octanol–water partition coefficient (Wildman–Crippen LogP) is 2.24. The Bertz CT molecular complexity index is 510. The van der Waals surface area contributed by atoms with Gasteiger partial charge in [-0.15, -0.1) is 11.3 Å². The third-order valence-corrected chi connectivity index (χ3v) is 3.50. The topological polar surface area (TPSA) is 74.2 Å². The molecular weight excluding hydrogens is 234 g/mol. The average molecular weight is 249 g/mol. The molecule has 0 saturated carbocycles. The van der Waals surface area contributed by atoms with Crippen LogP contribution in [-0.4, -0.2) is 11.6 Å². The van der Waals surface area contributed by atoms with E-state index >= 15 is 0 Å². The molecule has 2 aromatic rings. The number of aryl methyl sites for hydroxylation is 1. The second-order valence-electron chi connectivity index (χ2n) is 3.75. The summed E-state index contributed by atoms with van der Waals surface area (Å²) in [5, 5.41) is 0. The summed E-state index contributed by atoms with van der Waals surface area (Å²) in [7, 11) is 0. The van der Waals surface area contributed by atoms with Crippen molar-refractivity contribution in [2.75, 3.05) is 18.1 Å². The normalized spacial score (nSPS) is 10.4. The summed E-state index contributed by atoms with van der Waals surface area (Å²) in [6.45, 7) is 2.62. The zero-order chi connectivity index (χ0) is 12.3. The molecule has 0 spiro atoms. The molecule has 17 heavy (non-hydrogen) atoms. The van der Waals surface area contributed by atoms with Crippen LogP contribution in [0.1, 0.15) is 10.6 Å². The Labute approximate surface area is 104 Å². The van der Waals surface area contributed by atoms with E-state index in [0.29, 0.717) is 18.0 Å². The Morgan fingerprint density at radius 1 is 1.29 bits per heavy atom. The molecule has 0 aliphatic rings. The maximum absolute atomic E-state index is 5.70. The van der Waals surface area contributed by atoms with Crippen LogP contribution in [0.4, 0.5) is 11.4 Å². The largest absolute Gasteiger partial charge is 0.493 e. The standard InChI is InChI=1S/C12H15N3OS/c1-8-12(17-7-15-8)4-5-16-9-2-3-10(13)11(14)6-9/h2-3,6-7H,4-5,13-14H2,1H3. The molecule has 4 nitrogen and oxygen atoms in total. The zero-order valence-corrected chi connectivity index (χ0v) is 10.5. The molecule has 0 saturated heterocycles. The van der Waals surface area contributed by atoms with Crippen molar-refractivity contribution in [2.24, 2.45) is 0 Å². The number of benzene rings is 1. The SMILES string of the molecule is Cc1ncsc1CCOc1ccc(N)c(N)c1. The number of anilines is 2. The number of hydrogen-bond donors (Lipinski definition) is 2. The minimum Gasteiger partial charge on any atom is -0.493 e. The number of nitrogens with two attached hydrogens (primary N) is 2. The van der Waals surface area contributed by atoms with Crippen LogP contribution in [-0.2, 0) is 6.42 Å². The summed E-state index contributed by atoms with van der Waals surface area (Å²) in [5.41, 5.74) is 15.4. The molecule has 0 radical (unpaired) electrons. The van der Waals surface area contributed by atoms with E-state index in [0.717, 1.165) is 17.9 Å². The van der Waals surface area contributed by atoms with Gasteiger partial charge in [0, 0.05) is 17.4 Å². The van der Waals surface area contributed by atoms with E-state index in [1.807, 2.05) is 18.5 Å². The summed E-state index contributed by atoms with van der Waals surface area (Å²) in [6, 6.07) is 5.32.